The van der Waals surface area contributed by atoms with E-state index in [4.69, 9.17) is 9.47 Å². The van der Waals surface area contributed by atoms with E-state index in [0.717, 1.165) is 16.3 Å². The van der Waals surface area contributed by atoms with Crippen molar-refractivity contribution >= 4 is 22.8 Å². The molecule has 1 aliphatic rings. The number of carbonyl (C=O) groups is 2. The molecule has 0 aliphatic carbocycles. The molecule has 124 valence electrons. The summed E-state index contributed by atoms with van der Waals surface area (Å²) in [6.45, 7) is 1.68. The molecule has 3 rings (SSSR count). The summed E-state index contributed by atoms with van der Waals surface area (Å²) in [6.07, 6.45) is 0. The highest BCUT2D eigenvalue weighted by atomic mass is 16.5. The Bertz CT molecular complexity index is 857. The summed E-state index contributed by atoms with van der Waals surface area (Å²) < 4.78 is 10.3. The van der Waals surface area contributed by atoms with Gasteiger partial charge in [0, 0.05) is 5.70 Å². The van der Waals surface area contributed by atoms with Gasteiger partial charge in [-0.05, 0) is 35.4 Å². The zero-order valence-corrected chi connectivity index (χ0v) is 13.7. The van der Waals surface area contributed by atoms with E-state index < -0.39 is 12.0 Å². The third-order valence-electron chi connectivity index (χ3n) is 4.09. The number of hydrogen-bond acceptors (Lipinski definition) is 4. The summed E-state index contributed by atoms with van der Waals surface area (Å²) in [5, 5.41) is 7.32. The molecule has 6 nitrogen and oxygen atoms in total. The number of benzene rings is 2. The lowest BCUT2D eigenvalue weighted by Gasteiger charge is -2.29. The average Bonchev–Trinajstić information content (AvgIpc) is 2.59. The van der Waals surface area contributed by atoms with Crippen LogP contribution in [-0.4, -0.2) is 26.2 Å². The summed E-state index contributed by atoms with van der Waals surface area (Å²) in [7, 11) is 2.90. The lowest BCUT2D eigenvalue weighted by Crippen LogP contribution is -2.45. The molecule has 1 atom stereocenters. The Morgan fingerprint density at radius 3 is 2.62 bits per heavy atom. The van der Waals surface area contributed by atoms with Crippen LogP contribution >= 0.6 is 0 Å². The quantitative estimate of drug-likeness (QED) is 0.850. The van der Waals surface area contributed by atoms with Crippen LogP contribution in [0.1, 0.15) is 18.5 Å². The molecule has 0 saturated carbocycles. The van der Waals surface area contributed by atoms with Crippen LogP contribution in [0.2, 0.25) is 0 Å². The first-order valence-corrected chi connectivity index (χ1v) is 7.48. The summed E-state index contributed by atoms with van der Waals surface area (Å²) in [5.74, 6) is 0.162. The molecule has 1 heterocycles. The van der Waals surface area contributed by atoms with Crippen LogP contribution in [0, 0.1) is 0 Å². The maximum atomic E-state index is 12.3. The lowest BCUT2D eigenvalue weighted by molar-refractivity contribution is -0.136. The fourth-order valence-electron chi connectivity index (χ4n) is 2.98. The number of urea groups is 1. The maximum Gasteiger partial charge on any atom is 0.337 e. The van der Waals surface area contributed by atoms with Gasteiger partial charge >= 0.3 is 12.0 Å². The smallest absolute Gasteiger partial charge is 0.337 e. The fourth-order valence-corrected chi connectivity index (χ4v) is 2.98. The van der Waals surface area contributed by atoms with E-state index in [9.17, 15) is 9.59 Å². The number of allylic oxidation sites excluding steroid dienone is 1. The minimum absolute atomic E-state index is 0.364. The predicted molar refractivity (Wildman–Crippen MR) is 89.6 cm³/mol. The number of rotatable bonds is 3. The Balaban J connectivity index is 2.25. The molecule has 2 aromatic rings. The molecular formula is C18H18N2O4. The summed E-state index contributed by atoms with van der Waals surface area (Å²) in [6, 6.07) is 10.5. The van der Waals surface area contributed by atoms with Crippen LogP contribution < -0.4 is 15.4 Å². The van der Waals surface area contributed by atoms with Crippen LogP contribution in [0.15, 0.2) is 47.7 Å². The Morgan fingerprint density at radius 1 is 1.17 bits per heavy atom. The molecule has 2 aromatic carbocycles. The average molecular weight is 326 g/mol. The van der Waals surface area contributed by atoms with Crippen molar-refractivity contribution in [2.45, 2.75) is 13.0 Å². The third-order valence-corrected chi connectivity index (χ3v) is 4.09. The van der Waals surface area contributed by atoms with Gasteiger partial charge in [-0.25, -0.2) is 9.59 Å². The van der Waals surface area contributed by atoms with Crippen LogP contribution in [0.4, 0.5) is 4.79 Å². The van der Waals surface area contributed by atoms with Crippen molar-refractivity contribution < 1.29 is 19.1 Å². The van der Waals surface area contributed by atoms with E-state index in [1.165, 1.54) is 7.11 Å². The molecule has 0 aromatic heterocycles. The van der Waals surface area contributed by atoms with Crippen molar-refractivity contribution in [2.24, 2.45) is 0 Å². The molecule has 1 unspecified atom stereocenters. The minimum Gasteiger partial charge on any atom is -0.497 e. The number of amides is 2. The van der Waals surface area contributed by atoms with Crippen molar-refractivity contribution in [3.8, 4) is 5.75 Å². The monoisotopic (exact) mass is 326 g/mol. The maximum absolute atomic E-state index is 12.3. The molecular weight excluding hydrogens is 308 g/mol. The van der Waals surface area contributed by atoms with Gasteiger partial charge in [0.1, 0.15) is 5.75 Å². The highest BCUT2D eigenvalue weighted by molar-refractivity contribution is 5.97. The Hall–Kier alpha value is -3.02. The first-order valence-electron chi connectivity index (χ1n) is 7.48. The Kier molecular flexibility index (Phi) is 4.12. The molecule has 2 N–H and O–H groups in total. The molecule has 2 amide bonds. The van der Waals surface area contributed by atoms with Gasteiger partial charge in [0.2, 0.25) is 0 Å². The number of esters is 1. The number of ether oxygens (including phenoxy) is 2. The summed E-state index contributed by atoms with van der Waals surface area (Å²) >= 11 is 0. The topological polar surface area (TPSA) is 76.7 Å². The molecule has 0 spiro atoms. The second-order valence-corrected chi connectivity index (χ2v) is 5.50. The molecule has 0 fully saturated rings. The van der Waals surface area contributed by atoms with E-state index in [1.807, 2.05) is 36.4 Å². The molecule has 0 bridgehead atoms. The van der Waals surface area contributed by atoms with Crippen LogP contribution in [0.5, 0.6) is 5.75 Å². The Morgan fingerprint density at radius 2 is 1.92 bits per heavy atom. The molecule has 6 heteroatoms. The summed E-state index contributed by atoms with van der Waals surface area (Å²) in [4.78, 5) is 24.2. The van der Waals surface area contributed by atoms with Gasteiger partial charge in [0.15, 0.2) is 0 Å². The van der Waals surface area contributed by atoms with Crippen LogP contribution in [0.25, 0.3) is 10.8 Å². The normalized spacial score (nSPS) is 17.3. The number of carbonyl (C=O) groups excluding carboxylic acids is 2. The Labute approximate surface area is 139 Å². The fraction of sp³-hybridized carbons (Fsp3) is 0.222. The molecule has 0 radical (unpaired) electrons. The highest BCUT2D eigenvalue weighted by Gasteiger charge is 2.33. The lowest BCUT2D eigenvalue weighted by atomic mass is 9.91. The zero-order valence-electron chi connectivity index (χ0n) is 13.7. The number of hydrogen-bond donors (Lipinski definition) is 2. The summed E-state index contributed by atoms with van der Waals surface area (Å²) in [5.41, 5.74) is 1.62. The second kappa shape index (κ2) is 6.23. The number of nitrogens with one attached hydrogen (secondary N) is 2. The largest absolute Gasteiger partial charge is 0.497 e. The zero-order chi connectivity index (χ0) is 17.3. The van der Waals surface area contributed by atoms with Gasteiger partial charge < -0.3 is 20.1 Å². The van der Waals surface area contributed by atoms with Gasteiger partial charge in [-0.15, -0.1) is 0 Å². The van der Waals surface area contributed by atoms with Gasteiger partial charge in [-0.1, -0.05) is 24.3 Å². The van der Waals surface area contributed by atoms with E-state index in [2.05, 4.69) is 10.6 Å². The van der Waals surface area contributed by atoms with Crippen molar-refractivity contribution in [3.05, 3.63) is 53.2 Å². The van der Waals surface area contributed by atoms with Crippen LogP contribution in [0.3, 0.4) is 0 Å². The molecule has 1 aliphatic heterocycles. The van der Waals surface area contributed by atoms with Gasteiger partial charge in [0.05, 0.1) is 25.8 Å². The minimum atomic E-state index is -0.619. The van der Waals surface area contributed by atoms with E-state index >= 15 is 0 Å². The van der Waals surface area contributed by atoms with E-state index in [1.54, 1.807) is 14.0 Å². The van der Waals surface area contributed by atoms with Gasteiger partial charge in [-0.2, -0.15) is 0 Å². The van der Waals surface area contributed by atoms with E-state index in [-0.39, 0.29) is 6.03 Å². The number of fused-ring (bicyclic) bond motifs is 1. The number of methoxy groups -OCH3 is 2. The van der Waals surface area contributed by atoms with Crippen molar-refractivity contribution in [1.29, 1.82) is 0 Å². The van der Waals surface area contributed by atoms with Gasteiger partial charge in [0.25, 0.3) is 0 Å². The first kappa shape index (κ1) is 15.9. The SMILES string of the molecule is COC(=O)C1=C(C)NC(=O)NC1c1cc(OC)cc2ccccc12. The molecule has 24 heavy (non-hydrogen) atoms. The first-order chi connectivity index (χ1) is 11.5. The highest BCUT2D eigenvalue weighted by Crippen LogP contribution is 2.35. The third kappa shape index (κ3) is 2.67. The van der Waals surface area contributed by atoms with E-state index in [0.29, 0.717) is 17.0 Å². The van der Waals surface area contributed by atoms with Crippen molar-refractivity contribution in [1.82, 2.24) is 10.6 Å². The standard InChI is InChI=1S/C18H18N2O4/c1-10-15(17(21)24-3)16(20-18(22)19-10)14-9-12(23-2)8-11-6-4-5-7-13(11)14/h4-9,16H,1-3H3,(H2,19,20,22). The van der Waals surface area contributed by atoms with Crippen molar-refractivity contribution in [2.75, 3.05) is 14.2 Å². The van der Waals surface area contributed by atoms with Crippen LogP contribution in [-0.2, 0) is 9.53 Å². The van der Waals surface area contributed by atoms with Crippen molar-refractivity contribution in [3.63, 3.8) is 0 Å². The second-order valence-electron chi connectivity index (χ2n) is 5.50. The molecule has 0 saturated heterocycles. The van der Waals surface area contributed by atoms with Gasteiger partial charge in [-0.3, -0.25) is 0 Å². The predicted octanol–water partition coefficient (Wildman–Crippen LogP) is 2.65.